The number of nitrogens with zero attached hydrogens (tertiary/aromatic N) is 1. The predicted octanol–water partition coefficient (Wildman–Crippen LogP) is 0.763. The van der Waals surface area contributed by atoms with E-state index in [1.54, 1.807) is 6.92 Å². The zero-order valence-corrected chi connectivity index (χ0v) is 10.7. The Balaban J connectivity index is 2.19. The maximum Gasteiger partial charge on any atom is 0.213 e. The van der Waals surface area contributed by atoms with E-state index in [-0.39, 0.29) is 17.7 Å². The van der Waals surface area contributed by atoms with E-state index in [1.807, 2.05) is 30.3 Å². The Kier molecular flexibility index (Phi) is 3.51. The molecule has 1 aliphatic heterocycles. The van der Waals surface area contributed by atoms with Gasteiger partial charge in [-0.1, -0.05) is 30.3 Å². The van der Waals surface area contributed by atoms with Crippen LogP contribution in [0.1, 0.15) is 18.4 Å². The van der Waals surface area contributed by atoms with Gasteiger partial charge in [-0.2, -0.15) is 4.31 Å². The molecule has 4 nitrogen and oxygen atoms in total. The fraction of sp³-hybridized carbons (Fsp3) is 0.500. The van der Waals surface area contributed by atoms with Crippen LogP contribution in [-0.2, 0) is 10.0 Å². The van der Waals surface area contributed by atoms with E-state index in [9.17, 15) is 8.42 Å². The first-order chi connectivity index (χ1) is 8.04. The van der Waals surface area contributed by atoms with Crippen LogP contribution in [0.3, 0.4) is 0 Å². The summed E-state index contributed by atoms with van der Waals surface area (Å²) in [7, 11) is -3.12. The van der Waals surface area contributed by atoms with Crippen LogP contribution in [0.2, 0.25) is 0 Å². The van der Waals surface area contributed by atoms with Crippen LogP contribution in [0.15, 0.2) is 30.3 Å². The van der Waals surface area contributed by atoms with Crippen molar-refractivity contribution in [3.8, 4) is 0 Å². The Morgan fingerprint density at radius 2 is 1.94 bits per heavy atom. The topological polar surface area (TPSA) is 63.4 Å². The van der Waals surface area contributed by atoms with E-state index in [0.717, 1.165) is 5.56 Å². The Morgan fingerprint density at radius 3 is 2.53 bits per heavy atom. The van der Waals surface area contributed by atoms with Gasteiger partial charge < -0.3 is 5.73 Å². The summed E-state index contributed by atoms with van der Waals surface area (Å²) in [6, 6.07) is 9.76. The van der Waals surface area contributed by atoms with Gasteiger partial charge in [0.15, 0.2) is 0 Å². The molecule has 0 bridgehead atoms. The molecule has 0 aromatic heterocycles. The standard InChI is InChI=1S/C12H18N2O2S/c1-2-17(15,16)14-8-11(12(13)9-14)10-6-4-3-5-7-10/h3-7,11-12H,2,8-9,13H2,1H3/t11-,12+/m0/s1. The van der Waals surface area contributed by atoms with E-state index >= 15 is 0 Å². The van der Waals surface area contributed by atoms with Gasteiger partial charge in [-0.3, -0.25) is 0 Å². The summed E-state index contributed by atoms with van der Waals surface area (Å²) in [6.45, 7) is 2.59. The molecule has 1 heterocycles. The Morgan fingerprint density at radius 1 is 1.29 bits per heavy atom. The zero-order valence-electron chi connectivity index (χ0n) is 9.91. The van der Waals surface area contributed by atoms with E-state index in [4.69, 9.17) is 5.73 Å². The molecule has 94 valence electrons. The molecule has 2 rings (SSSR count). The molecule has 0 spiro atoms. The summed E-state index contributed by atoms with van der Waals surface area (Å²) in [5.41, 5.74) is 7.17. The summed E-state index contributed by atoms with van der Waals surface area (Å²) in [5, 5.41) is 0. The number of rotatable bonds is 3. The molecule has 0 aliphatic carbocycles. The van der Waals surface area contributed by atoms with E-state index in [2.05, 4.69) is 0 Å². The fourth-order valence-corrected chi connectivity index (χ4v) is 3.41. The molecule has 1 saturated heterocycles. The molecule has 17 heavy (non-hydrogen) atoms. The first kappa shape index (κ1) is 12.5. The first-order valence-corrected chi connectivity index (χ1v) is 7.44. The summed E-state index contributed by atoms with van der Waals surface area (Å²) in [5.74, 6) is 0.249. The van der Waals surface area contributed by atoms with Gasteiger partial charge in [-0.25, -0.2) is 8.42 Å². The van der Waals surface area contributed by atoms with E-state index in [1.165, 1.54) is 4.31 Å². The van der Waals surface area contributed by atoms with Crippen molar-refractivity contribution >= 4 is 10.0 Å². The summed E-state index contributed by atoms with van der Waals surface area (Å²) in [6.07, 6.45) is 0. The van der Waals surface area contributed by atoms with E-state index < -0.39 is 10.0 Å². The van der Waals surface area contributed by atoms with Crippen molar-refractivity contribution in [3.05, 3.63) is 35.9 Å². The van der Waals surface area contributed by atoms with Crippen LogP contribution < -0.4 is 5.73 Å². The molecule has 1 aromatic rings. The molecule has 5 heteroatoms. The van der Waals surface area contributed by atoms with Crippen molar-refractivity contribution in [2.45, 2.75) is 18.9 Å². The molecule has 2 N–H and O–H groups in total. The molecule has 0 unspecified atom stereocenters. The van der Waals surface area contributed by atoms with Gasteiger partial charge in [-0.15, -0.1) is 0 Å². The number of benzene rings is 1. The highest BCUT2D eigenvalue weighted by atomic mass is 32.2. The van der Waals surface area contributed by atoms with Crippen molar-refractivity contribution in [3.63, 3.8) is 0 Å². The van der Waals surface area contributed by atoms with Crippen molar-refractivity contribution in [1.29, 1.82) is 0 Å². The smallest absolute Gasteiger partial charge is 0.213 e. The first-order valence-electron chi connectivity index (χ1n) is 5.83. The van der Waals surface area contributed by atoms with Gasteiger partial charge in [-0.05, 0) is 12.5 Å². The molecule has 0 saturated carbocycles. The second kappa shape index (κ2) is 4.76. The average molecular weight is 254 g/mol. The molecule has 1 aliphatic rings. The number of nitrogens with two attached hydrogens (primary N) is 1. The zero-order chi connectivity index (χ0) is 12.5. The number of sulfonamides is 1. The van der Waals surface area contributed by atoms with Gasteiger partial charge in [0.05, 0.1) is 5.75 Å². The highest BCUT2D eigenvalue weighted by Gasteiger charge is 2.36. The second-order valence-electron chi connectivity index (χ2n) is 4.40. The summed E-state index contributed by atoms with van der Waals surface area (Å²) < 4.78 is 25.1. The summed E-state index contributed by atoms with van der Waals surface area (Å²) in [4.78, 5) is 0. The Labute approximate surface area is 102 Å². The molecular formula is C12H18N2O2S. The van der Waals surface area contributed by atoms with Crippen molar-refractivity contribution in [2.75, 3.05) is 18.8 Å². The van der Waals surface area contributed by atoms with Crippen LogP contribution in [-0.4, -0.2) is 37.6 Å². The minimum Gasteiger partial charge on any atom is -0.326 e. The van der Waals surface area contributed by atoms with Crippen LogP contribution in [0.25, 0.3) is 0 Å². The SMILES string of the molecule is CCS(=O)(=O)N1C[C@@H](N)[C@H](c2ccccc2)C1. The van der Waals surface area contributed by atoms with Gasteiger partial charge in [0.1, 0.15) is 0 Å². The van der Waals surface area contributed by atoms with E-state index in [0.29, 0.717) is 13.1 Å². The highest BCUT2D eigenvalue weighted by Crippen LogP contribution is 2.27. The van der Waals surface area contributed by atoms with Gasteiger partial charge in [0.25, 0.3) is 0 Å². The average Bonchev–Trinajstić information content (AvgIpc) is 2.73. The minimum atomic E-state index is -3.12. The lowest BCUT2D eigenvalue weighted by atomic mass is 9.95. The fourth-order valence-electron chi connectivity index (χ4n) is 2.25. The Hall–Kier alpha value is -0.910. The molecule has 0 radical (unpaired) electrons. The van der Waals surface area contributed by atoms with Crippen molar-refractivity contribution in [2.24, 2.45) is 5.73 Å². The van der Waals surface area contributed by atoms with Crippen LogP contribution in [0.4, 0.5) is 0 Å². The van der Waals surface area contributed by atoms with Crippen LogP contribution in [0.5, 0.6) is 0 Å². The predicted molar refractivity (Wildman–Crippen MR) is 68.2 cm³/mol. The maximum absolute atomic E-state index is 11.8. The van der Waals surface area contributed by atoms with Crippen molar-refractivity contribution < 1.29 is 8.42 Å². The van der Waals surface area contributed by atoms with Crippen molar-refractivity contribution in [1.82, 2.24) is 4.31 Å². The van der Waals surface area contributed by atoms with Crippen LogP contribution in [0, 0.1) is 0 Å². The molecular weight excluding hydrogens is 236 g/mol. The van der Waals surface area contributed by atoms with Gasteiger partial charge in [0.2, 0.25) is 10.0 Å². The lowest BCUT2D eigenvalue weighted by molar-refractivity contribution is 0.471. The third-order valence-electron chi connectivity index (χ3n) is 3.32. The third kappa shape index (κ3) is 2.51. The second-order valence-corrected chi connectivity index (χ2v) is 6.66. The monoisotopic (exact) mass is 254 g/mol. The summed E-state index contributed by atoms with van der Waals surface area (Å²) >= 11 is 0. The van der Waals surface area contributed by atoms with Gasteiger partial charge >= 0.3 is 0 Å². The largest absolute Gasteiger partial charge is 0.326 e. The normalized spacial score (nSPS) is 26.2. The lowest BCUT2D eigenvalue weighted by Gasteiger charge is -2.15. The molecule has 1 aromatic carbocycles. The lowest BCUT2D eigenvalue weighted by Crippen LogP contribution is -2.33. The minimum absolute atomic E-state index is 0.109. The third-order valence-corrected chi connectivity index (χ3v) is 5.13. The molecule has 0 amide bonds. The van der Waals surface area contributed by atoms with Gasteiger partial charge in [0, 0.05) is 25.0 Å². The molecule has 2 atom stereocenters. The number of hydrogen-bond acceptors (Lipinski definition) is 3. The maximum atomic E-state index is 11.8. The molecule has 1 fully saturated rings. The highest BCUT2D eigenvalue weighted by molar-refractivity contribution is 7.89. The Bertz CT molecular complexity index is 473. The quantitative estimate of drug-likeness (QED) is 0.866. The van der Waals surface area contributed by atoms with Crippen LogP contribution >= 0.6 is 0 Å². The number of hydrogen-bond donors (Lipinski definition) is 1.